The number of rotatable bonds is 3. The minimum Gasteiger partial charge on any atom is -0.504 e. The standard InChI is InChI=1S/C18H25NO2/c1-4-18-10-6-5-7-13(18)14(19-2)11-12-8-9-15(21-3)17(20)16(12)18/h7-9,14,19-20H,4-6,10-11H2,1-3H3/t14-,18+/m1/s1. The van der Waals surface area contributed by atoms with E-state index in [0.29, 0.717) is 17.5 Å². The molecule has 0 amide bonds. The van der Waals surface area contributed by atoms with E-state index < -0.39 is 0 Å². The smallest absolute Gasteiger partial charge is 0.162 e. The zero-order valence-corrected chi connectivity index (χ0v) is 13.2. The number of nitrogens with one attached hydrogen (secondary N) is 1. The van der Waals surface area contributed by atoms with E-state index in [0.717, 1.165) is 31.2 Å². The van der Waals surface area contributed by atoms with Crippen molar-refractivity contribution in [2.45, 2.75) is 50.5 Å². The largest absolute Gasteiger partial charge is 0.504 e. The van der Waals surface area contributed by atoms with Crippen LogP contribution in [0, 0.1) is 0 Å². The van der Waals surface area contributed by atoms with Crippen molar-refractivity contribution >= 4 is 0 Å². The summed E-state index contributed by atoms with van der Waals surface area (Å²) in [5.74, 6) is 0.939. The van der Waals surface area contributed by atoms with Crippen LogP contribution < -0.4 is 10.1 Å². The highest BCUT2D eigenvalue weighted by Crippen LogP contribution is 2.54. The first kappa shape index (κ1) is 14.5. The topological polar surface area (TPSA) is 41.5 Å². The van der Waals surface area contributed by atoms with Gasteiger partial charge >= 0.3 is 0 Å². The van der Waals surface area contributed by atoms with Crippen molar-refractivity contribution in [1.29, 1.82) is 0 Å². The van der Waals surface area contributed by atoms with Gasteiger partial charge in [-0.05, 0) is 56.4 Å². The van der Waals surface area contributed by atoms with E-state index in [1.54, 1.807) is 7.11 Å². The van der Waals surface area contributed by atoms with Crippen LogP contribution in [0.2, 0.25) is 0 Å². The van der Waals surface area contributed by atoms with Crippen LogP contribution in [0.3, 0.4) is 0 Å². The van der Waals surface area contributed by atoms with Gasteiger partial charge in [-0.25, -0.2) is 0 Å². The van der Waals surface area contributed by atoms with Gasteiger partial charge in [0, 0.05) is 17.0 Å². The maximum atomic E-state index is 10.8. The lowest BCUT2D eigenvalue weighted by Gasteiger charge is -2.47. The number of phenols is 1. The highest BCUT2D eigenvalue weighted by molar-refractivity contribution is 5.60. The zero-order chi connectivity index (χ0) is 15.0. The second kappa shape index (κ2) is 5.38. The summed E-state index contributed by atoms with van der Waals surface area (Å²) >= 11 is 0. The van der Waals surface area contributed by atoms with Crippen molar-refractivity contribution in [2.24, 2.45) is 0 Å². The number of likely N-dealkylation sites (N-methyl/N-ethyl adjacent to an activating group) is 1. The zero-order valence-electron chi connectivity index (χ0n) is 13.2. The summed E-state index contributed by atoms with van der Waals surface area (Å²) in [5, 5.41) is 14.2. The van der Waals surface area contributed by atoms with E-state index in [2.05, 4.69) is 24.4 Å². The lowest BCUT2D eigenvalue weighted by Crippen LogP contribution is -2.46. The van der Waals surface area contributed by atoms with Gasteiger partial charge in [-0.3, -0.25) is 0 Å². The SMILES string of the molecule is CC[C@]12CCCC=C1[C@H](NC)Cc1ccc(OC)c(O)c12. The van der Waals surface area contributed by atoms with Gasteiger partial charge in [0.25, 0.3) is 0 Å². The molecule has 0 spiro atoms. The Hall–Kier alpha value is -1.48. The molecule has 0 aliphatic heterocycles. The van der Waals surface area contributed by atoms with Gasteiger partial charge in [-0.1, -0.05) is 19.1 Å². The average molecular weight is 287 g/mol. The summed E-state index contributed by atoms with van der Waals surface area (Å²) in [6.07, 6.45) is 7.80. The Labute approximate surface area is 127 Å². The Bertz CT molecular complexity index is 579. The van der Waals surface area contributed by atoms with Crippen LogP contribution in [0.1, 0.15) is 43.7 Å². The highest BCUT2D eigenvalue weighted by atomic mass is 16.5. The Balaban J connectivity index is 2.27. The molecule has 1 aromatic carbocycles. The number of hydrogen-bond donors (Lipinski definition) is 2. The van der Waals surface area contributed by atoms with E-state index in [1.165, 1.54) is 17.6 Å². The van der Waals surface area contributed by atoms with Crippen LogP contribution in [0.25, 0.3) is 0 Å². The van der Waals surface area contributed by atoms with Gasteiger partial charge in [0.15, 0.2) is 11.5 Å². The van der Waals surface area contributed by atoms with Gasteiger partial charge in [-0.15, -0.1) is 0 Å². The van der Waals surface area contributed by atoms with Crippen molar-refractivity contribution in [1.82, 2.24) is 5.32 Å². The molecule has 21 heavy (non-hydrogen) atoms. The third kappa shape index (κ3) is 1.98. The van der Waals surface area contributed by atoms with Crippen molar-refractivity contribution in [3.05, 3.63) is 34.9 Å². The number of ether oxygens (including phenoxy) is 1. The number of aromatic hydroxyl groups is 1. The predicted molar refractivity (Wildman–Crippen MR) is 85.1 cm³/mol. The minimum atomic E-state index is -0.0296. The quantitative estimate of drug-likeness (QED) is 0.838. The molecular weight excluding hydrogens is 262 g/mol. The molecule has 114 valence electrons. The van der Waals surface area contributed by atoms with Crippen molar-refractivity contribution in [3.63, 3.8) is 0 Å². The monoisotopic (exact) mass is 287 g/mol. The summed E-state index contributed by atoms with van der Waals surface area (Å²) in [6.45, 7) is 2.24. The molecular formula is C18H25NO2. The fraction of sp³-hybridized carbons (Fsp3) is 0.556. The van der Waals surface area contributed by atoms with Crippen LogP contribution in [0.15, 0.2) is 23.8 Å². The second-order valence-corrected chi connectivity index (χ2v) is 6.18. The molecule has 3 nitrogen and oxygen atoms in total. The highest BCUT2D eigenvalue weighted by Gasteiger charge is 2.45. The van der Waals surface area contributed by atoms with Crippen molar-refractivity contribution in [3.8, 4) is 11.5 Å². The lowest BCUT2D eigenvalue weighted by molar-refractivity contribution is 0.321. The second-order valence-electron chi connectivity index (χ2n) is 6.18. The van der Waals surface area contributed by atoms with E-state index in [-0.39, 0.29) is 5.41 Å². The summed E-state index contributed by atoms with van der Waals surface area (Å²) in [4.78, 5) is 0. The molecule has 0 fully saturated rings. The number of fused-ring (bicyclic) bond motifs is 3. The summed E-state index contributed by atoms with van der Waals surface area (Å²) in [6, 6.07) is 4.40. The molecule has 0 saturated carbocycles. The maximum absolute atomic E-state index is 10.8. The van der Waals surface area contributed by atoms with E-state index >= 15 is 0 Å². The molecule has 2 aliphatic carbocycles. The summed E-state index contributed by atoms with van der Waals surface area (Å²) in [7, 11) is 3.66. The molecule has 0 saturated heterocycles. The van der Waals surface area contributed by atoms with Crippen LogP contribution in [-0.2, 0) is 11.8 Å². The lowest BCUT2D eigenvalue weighted by atomic mass is 9.59. The first-order valence-electron chi connectivity index (χ1n) is 7.95. The number of hydrogen-bond acceptors (Lipinski definition) is 3. The first-order valence-corrected chi connectivity index (χ1v) is 7.95. The molecule has 2 N–H and O–H groups in total. The molecule has 0 bridgehead atoms. The maximum Gasteiger partial charge on any atom is 0.162 e. The van der Waals surface area contributed by atoms with E-state index in [4.69, 9.17) is 4.74 Å². The van der Waals surface area contributed by atoms with Gasteiger partial charge in [-0.2, -0.15) is 0 Å². The normalized spacial score (nSPS) is 27.6. The van der Waals surface area contributed by atoms with Crippen LogP contribution in [0.4, 0.5) is 0 Å². The number of methoxy groups -OCH3 is 1. The third-order valence-electron chi connectivity index (χ3n) is 5.40. The number of phenolic OH excluding ortho intramolecular Hbond substituents is 1. The molecule has 3 heteroatoms. The van der Waals surface area contributed by atoms with E-state index in [9.17, 15) is 5.11 Å². The Morgan fingerprint density at radius 3 is 2.90 bits per heavy atom. The molecule has 0 heterocycles. The summed E-state index contributed by atoms with van der Waals surface area (Å²) in [5.41, 5.74) is 3.81. The Morgan fingerprint density at radius 2 is 2.24 bits per heavy atom. The molecule has 3 rings (SSSR count). The van der Waals surface area contributed by atoms with Gasteiger partial charge in [0.05, 0.1) is 7.11 Å². The Morgan fingerprint density at radius 1 is 1.43 bits per heavy atom. The molecule has 1 aromatic rings. The number of allylic oxidation sites excluding steroid dienone is 1. The first-order chi connectivity index (χ1) is 10.2. The number of benzene rings is 1. The van der Waals surface area contributed by atoms with Crippen molar-refractivity contribution in [2.75, 3.05) is 14.2 Å². The fourth-order valence-corrected chi connectivity index (χ4v) is 4.37. The molecule has 0 aromatic heterocycles. The molecule has 0 radical (unpaired) electrons. The predicted octanol–water partition coefficient (Wildman–Crippen LogP) is 3.30. The summed E-state index contributed by atoms with van der Waals surface area (Å²) < 4.78 is 5.35. The van der Waals surface area contributed by atoms with Crippen molar-refractivity contribution < 1.29 is 9.84 Å². The van der Waals surface area contributed by atoms with Crippen LogP contribution in [0.5, 0.6) is 11.5 Å². The van der Waals surface area contributed by atoms with Crippen LogP contribution >= 0.6 is 0 Å². The molecule has 2 atom stereocenters. The van der Waals surface area contributed by atoms with Gasteiger partial charge < -0.3 is 15.2 Å². The van der Waals surface area contributed by atoms with Crippen LogP contribution in [-0.4, -0.2) is 25.3 Å². The Kier molecular flexibility index (Phi) is 3.70. The third-order valence-corrected chi connectivity index (χ3v) is 5.40. The fourth-order valence-electron chi connectivity index (χ4n) is 4.37. The van der Waals surface area contributed by atoms with E-state index in [1.807, 2.05) is 13.1 Å². The minimum absolute atomic E-state index is 0.0296. The van der Waals surface area contributed by atoms with Gasteiger partial charge in [0.2, 0.25) is 0 Å². The van der Waals surface area contributed by atoms with Gasteiger partial charge in [0.1, 0.15) is 0 Å². The average Bonchev–Trinajstić information content (AvgIpc) is 2.53. The molecule has 0 unspecified atom stereocenters. The molecule has 2 aliphatic rings.